The van der Waals surface area contributed by atoms with E-state index >= 15 is 0 Å². The summed E-state index contributed by atoms with van der Waals surface area (Å²) in [5.74, 6) is 2.11. The van der Waals surface area contributed by atoms with Crippen molar-refractivity contribution in [2.24, 2.45) is 5.92 Å². The molecule has 1 N–H and O–H groups in total. The molecule has 120 valence electrons. The van der Waals surface area contributed by atoms with Gasteiger partial charge in [0.15, 0.2) is 11.5 Å². The maximum Gasteiger partial charge on any atom is 0.267 e. The third-order valence-corrected chi connectivity index (χ3v) is 4.39. The Bertz CT molecular complexity index is 512. The van der Waals surface area contributed by atoms with E-state index < -0.39 is 6.10 Å². The van der Waals surface area contributed by atoms with E-state index in [2.05, 4.69) is 12.2 Å². The SMILES string of the molecule is CCNCC1CCN(C(=O)C2COc3ccccc3O2)CC1. The number of para-hydroxylation sites is 2. The second kappa shape index (κ2) is 7.01. The number of benzene rings is 1. The van der Waals surface area contributed by atoms with Gasteiger partial charge in [-0.15, -0.1) is 0 Å². The summed E-state index contributed by atoms with van der Waals surface area (Å²) in [6, 6.07) is 7.50. The summed E-state index contributed by atoms with van der Waals surface area (Å²) in [7, 11) is 0. The van der Waals surface area contributed by atoms with Crippen molar-refractivity contribution in [3.63, 3.8) is 0 Å². The number of nitrogens with one attached hydrogen (secondary N) is 1. The minimum atomic E-state index is -0.514. The molecule has 2 aliphatic rings. The molecule has 3 rings (SSSR count). The Balaban J connectivity index is 1.53. The van der Waals surface area contributed by atoms with Crippen LogP contribution in [0.15, 0.2) is 24.3 Å². The van der Waals surface area contributed by atoms with Crippen LogP contribution in [0.25, 0.3) is 0 Å². The summed E-state index contributed by atoms with van der Waals surface area (Å²) in [5.41, 5.74) is 0. The van der Waals surface area contributed by atoms with Gasteiger partial charge in [-0.2, -0.15) is 0 Å². The zero-order chi connectivity index (χ0) is 15.4. The second-order valence-corrected chi connectivity index (χ2v) is 5.94. The molecule has 0 saturated carbocycles. The van der Waals surface area contributed by atoms with E-state index in [9.17, 15) is 4.79 Å². The van der Waals surface area contributed by atoms with Gasteiger partial charge in [-0.3, -0.25) is 4.79 Å². The predicted molar refractivity (Wildman–Crippen MR) is 84.2 cm³/mol. The summed E-state index contributed by atoms with van der Waals surface area (Å²) < 4.78 is 11.4. The zero-order valence-corrected chi connectivity index (χ0v) is 13.1. The van der Waals surface area contributed by atoms with Crippen molar-refractivity contribution in [3.8, 4) is 11.5 Å². The Morgan fingerprint density at radius 1 is 1.27 bits per heavy atom. The number of hydrogen-bond acceptors (Lipinski definition) is 4. The van der Waals surface area contributed by atoms with Crippen molar-refractivity contribution in [1.29, 1.82) is 0 Å². The fraction of sp³-hybridized carbons (Fsp3) is 0.588. The molecule has 1 amide bonds. The molecule has 1 saturated heterocycles. The lowest BCUT2D eigenvalue weighted by atomic mass is 9.96. The molecular weight excluding hydrogens is 280 g/mol. The molecular formula is C17H24N2O3. The Labute approximate surface area is 131 Å². The number of rotatable bonds is 4. The lowest BCUT2D eigenvalue weighted by molar-refractivity contribution is -0.142. The smallest absolute Gasteiger partial charge is 0.267 e. The number of nitrogens with zero attached hydrogens (tertiary/aromatic N) is 1. The first-order valence-corrected chi connectivity index (χ1v) is 8.16. The number of piperidine rings is 1. The lowest BCUT2D eigenvalue weighted by Gasteiger charge is -2.35. The van der Waals surface area contributed by atoms with Crippen LogP contribution in [-0.2, 0) is 4.79 Å². The van der Waals surface area contributed by atoms with E-state index in [0.717, 1.165) is 44.8 Å². The molecule has 0 aromatic heterocycles. The number of amides is 1. The average Bonchev–Trinajstić information content (AvgIpc) is 2.59. The zero-order valence-electron chi connectivity index (χ0n) is 13.1. The van der Waals surface area contributed by atoms with Crippen molar-refractivity contribution < 1.29 is 14.3 Å². The molecule has 2 heterocycles. The van der Waals surface area contributed by atoms with Crippen LogP contribution in [0.1, 0.15) is 19.8 Å². The highest BCUT2D eigenvalue weighted by Gasteiger charge is 2.32. The van der Waals surface area contributed by atoms with Crippen LogP contribution < -0.4 is 14.8 Å². The molecule has 5 nitrogen and oxygen atoms in total. The van der Waals surface area contributed by atoms with Crippen molar-refractivity contribution in [2.75, 3.05) is 32.8 Å². The monoisotopic (exact) mass is 304 g/mol. The molecule has 1 atom stereocenters. The normalized spacial score (nSPS) is 21.7. The van der Waals surface area contributed by atoms with E-state index in [1.54, 1.807) is 0 Å². The van der Waals surface area contributed by atoms with Crippen LogP contribution in [0, 0.1) is 5.92 Å². The minimum absolute atomic E-state index is 0.0522. The van der Waals surface area contributed by atoms with Crippen molar-refractivity contribution in [3.05, 3.63) is 24.3 Å². The van der Waals surface area contributed by atoms with Crippen molar-refractivity contribution in [2.45, 2.75) is 25.9 Å². The third kappa shape index (κ3) is 3.35. The molecule has 0 radical (unpaired) electrons. The second-order valence-electron chi connectivity index (χ2n) is 5.94. The summed E-state index contributed by atoms with van der Waals surface area (Å²) in [5, 5.41) is 3.39. The molecule has 1 fully saturated rings. The molecule has 5 heteroatoms. The molecule has 0 aliphatic carbocycles. The number of carbonyl (C=O) groups excluding carboxylic acids is 1. The van der Waals surface area contributed by atoms with Gasteiger partial charge in [0.25, 0.3) is 5.91 Å². The maximum atomic E-state index is 12.6. The molecule has 22 heavy (non-hydrogen) atoms. The van der Waals surface area contributed by atoms with Gasteiger partial charge in [-0.1, -0.05) is 19.1 Å². The summed E-state index contributed by atoms with van der Waals surface area (Å²) >= 11 is 0. The molecule has 0 spiro atoms. The number of likely N-dealkylation sites (tertiary alicyclic amines) is 1. The predicted octanol–water partition coefficient (Wildman–Crippen LogP) is 1.67. The van der Waals surface area contributed by atoms with E-state index in [4.69, 9.17) is 9.47 Å². The first-order valence-electron chi connectivity index (χ1n) is 8.16. The quantitative estimate of drug-likeness (QED) is 0.919. The van der Waals surface area contributed by atoms with E-state index in [1.165, 1.54) is 0 Å². The number of ether oxygens (including phenoxy) is 2. The van der Waals surface area contributed by atoms with Gasteiger partial charge in [-0.25, -0.2) is 0 Å². The van der Waals surface area contributed by atoms with E-state index in [-0.39, 0.29) is 5.91 Å². The standard InChI is InChI=1S/C17H24N2O3/c1-2-18-11-13-7-9-19(10-8-13)17(20)16-12-21-14-5-3-4-6-15(14)22-16/h3-6,13,16,18H,2,7-12H2,1H3. The van der Waals surface area contributed by atoms with Gasteiger partial charge in [0.1, 0.15) is 6.61 Å². The number of fused-ring (bicyclic) bond motifs is 1. The van der Waals surface area contributed by atoms with Gasteiger partial charge in [0.2, 0.25) is 6.10 Å². The highest BCUT2D eigenvalue weighted by molar-refractivity contribution is 5.82. The highest BCUT2D eigenvalue weighted by Crippen LogP contribution is 2.31. The van der Waals surface area contributed by atoms with Crippen LogP contribution in [0.2, 0.25) is 0 Å². The molecule has 1 unspecified atom stereocenters. The Morgan fingerprint density at radius 2 is 2.00 bits per heavy atom. The largest absolute Gasteiger partial charge is 0.485 e. The van der Waals surface area contributed by atoms with Gasteiger partial charge in [-0.05, 0) is 44.0 Å². The van der Waals surface area contributed by atoms with Crippen LogP contribution >= 0.6 is 0 Å². The van der Waals surface area contributed by atoms with Crippen LogP contribution in [0.5, 0.6) is 11.5 Å². The first kappa shape index (κ1) is 15.2. The van der Waals surface area contributed by atoms with Crippen LogP contribution in [-0.4, -0.2) is 49.7 Å². The summed E-state index contributed by atoms with van der Waals surface area (Å²) in [4.78, 5) is 14.5. The fourth-order valence-electron chi connectivity index (χ4n) is 3.05. The highest BCUT2D eigenvalue weighted by atomic mass is 16.6. The van der Waals surface area contributed by atoms with Crippen LogP contribution in [0.4, 0.5) is 0 Å². The average molecular weight is 304 g/mol. The van der Waals surface area contributed by atoms with Gasteiger partial charge in [0.05, 0.1) is 0 Å². The van der Waals surface area contributed by atoms with Gasteiger partial charge < -0.3 is 19.7 Å². The maximum absolute atomic E-state index is 12.6. The Morgan fingerprint density at radius 3 is 2.73 bits per heavy atom. The molecule has 0 bridgehead atoms. The first-order chi connectivity index (χ1) is 10.8. The number of carbonyl (C=O) groups is 1. The van der Waals surface area contributed by atoms with Gasteiger partial charge >= 0.3 is 0 Å². The topological polar surface area (TPSA) is 50.8 Å². The molecule has 1 aromatic rings. The summed E-state index contributed by atoms with van der Waals surface area (Å²) in [6.45, 7) is 6.11. The fourth-order valence-corrected chi connectivity index (χ4v) is 3.05. The molecule has 1 aromatic carbocycles. The Kier molecular flexibility index (Phi) is 4.83. The minimum Gasteiger partial charge on any atom is -0.485 e. The third-order valence-electron chi connectivity index (χ3n) is 4.39. The van der Waals surface area contributed by atoms with Crippen molar-refractivity contribution in [1.82, 2.24) is 10.2 Å². The van der Waals surface area contributed by atoms with Crippen LogP contribution in [0.3, 0.4) is 0 Å². The van der Waals surface area contributed by atoms with Gasteiger partial charge in [0, 0.05) is 13.1 Å². The Hall–Kier alpha value is -1.75. The van der Waals surface area contributed by atoms with E-state index in [1.807, 2.05) is 29.2 Å². The molecule has 2 aliphatic heterocycles. The van der Waals surface area contributed by atoms with Crippen molar-refractivity contribution >= 4 is 5.91 Å². The number of hydrogen-bond donors (Lipinski definition) is 1. The van der Waals surface area contributed by atoms with E-state index in [0.29, 0.717) is 18.3 Å². The lowest BCUT2D eigenvalue weighted by Crippen LogP contribution is -2.49. The summed E-state index contributed by atoms with van der Waals surface area (Å²) in [6.07, 6.45) is 1.60.